The Morgan fingerprint density at radius 2 is 2.12 bits per heavy atom. The van der Waals surface area contributed by atoms with Crippen LogP contribution < -0.4 is 10.1 Å². The normalized spacial score (nSPS) is 13.1. The minimum absolute atomic E-state index is 0.216. The molecule has 0 unspecified atom stereocenters. The molecule has 10 heteroatoms. The first-order valence-electron chi connectivity index (χ1n) is 10.2. The van der Waals surface area contributed by atoms with Crippen LogP contribution in [0.1, 0.15) is 18.1 Å². The molecule has 32 heavy (non-hydrogen) atoms. The first-order chi connectivity index (χ1) is 15.4. The number of fused-ring (bicyclic) bond motifs is 1. The highest BCUT2D eigenvalue weighted by Gasteiger charge is 2.19. The summed E-state index contributed by atoms with van der Waals surface area (Å²) in [5.74, 6) is 1.99. The predicted molar refractivity (Wildman–Crippen MR) is 125 cm³/mol. The number of aromatic nitrogens is 3. The van der Waals surface area contributed by atoms with Gasteiger partial charge in [0.2, 0.25) is 5.95 Å². The second-order valence-corrected chi connectivity index (χ2v) is 10.1. The SMILES string of the molecule is CCOC(=O)N=[SH](C)(O)Cc1cccc(Nc2ncnc(-c3cccc4c3OCC4)n2)c1. The maximum atomic E-state index is 11.6. The van der Waals surface area contributed by atoms with Crippen LogP contribution in [-0.2, 0) is 27.0 Å². The number of hydrogen-bond donors (Lipinski definition) is 3. The fourth-order valence-electron chi connectivity index (χ4n) is 3.46. The van der Waals surface area contributed by atoms with Crippen LogP contribution in [0.15, 0.2) is 53.2 Å². The number of carbonyl (C=O) groups excluding carboxylic acids is 1. The van der Waals surface area contributed by atoms with E-state index in [2.05, 4.69) is 24.6 Å². The highest BCUT2D eigenvalue weighted by atomic mass is 32.3. The number of benzene rings is 2. The van der Waals surface area contributed by atoms with Crippen molar-refractivity contribution >= 4 is 27.8 Å². The van der Waals surface area contributed by atoms with Crippen LogP contribution >= 0.6 is 0 Å². The van der Waals surface area contributed by atoms with Crippen molar-refractivity contribution < 1.29 is 18.8 Å². The fraction of sp³-hybridized carbons (Fsp3) is 0.273. The third kappa shape index (κ3) is 5.27. The molecule has 1 aliphatic rings. The topological polar surface area (TPSA) is 119 Å². The summed E-state index contributed by atoms with van der Waals surface area (Å²) in [6.07, 6.45) is 3.16. The first-order valence-corrected chi connectivity index (χ1v) is 12.5. The van der Waals surface area contributed by atoms with Crippen molar-refractivity contribution in [3.63, 3.8) is 0 Å². The minimum Gasteiger partial charge on any atom is -0.492 e. The Balaban J connectivity index is 1.53. The number of nitrogens with zero attached hydrogens (tertiary/aromatic N) is 4. The van der Waals surface area contributed by atoms with E-state index < -0.39 is 16.2 Å². The Hall–Kier alpha value is -3.37. The van der Waals surface area contributed by atoms with Crippen molar-refractivity contribution in [1.29, 1.82) is 0 Å². The smallest absolute Gasteiger partial charge is 0.439 e. The van der Waals surface area contributed by atoms with Crippen molar-refractivity contribution in [2.75, 3.05) is 24.8 Å². The summed E-state index contributed by atoms with van der Waals surface area (Å²) in [5, 5.41) is 3.17. The maximum Gasteiger partial charge on any atom is 0.439 e. The van der Waals surface area contributed by atoms with Gasteiger partial charge in [-0.25, -0.2) is 14.8 Å². The lowest BCUT2D eigenvalue weighted by atomic mass is 10.1. The zero-order chi connectivity index (χ0) is 22.6. The molecule has 1 amide bonds. The van der Waals surface area contributed by atoms with Crippen LogP contribution in [0.2, 0.25) is 0 Å². The number of thiol groups is 1. The van der Waals surface area contributed by atoms with E-state index in [0.29, 0.717) is 18.4 Å². The van der Waals surface area contributed by atoms with Gasteiger partial charge in [-0.1, -0.05) is 34.4 Å². The molecule has 2 heterocycles. The average molecular weight is 456 g/mol. The van der Waals surface area contributed by atoms with Gasteiger partial charge in [0.25, 0.3) is 0 Å². The summed E-state index contributed by atoms with van der Waals surface area (Å²) in [6.45, 7) is 2.57. The summed E-state index contributed by atoms with van der Waals surface area (Å²) in [6, 6.07) is 13.4. The number of rotatable bonds is 6. The molecule has 0 atom stereocenters. The molecule has 1 aromatic heterocycles. The van der Waals surface area contributed by atoms with E-state index in [4.69, 9.17) is 9.47 Å². The van der Waals surface area contributed by atoms with Gasteiger partial charge in [0.05, 0.1) is 18.8 Å². The van der Waals surface area contributed by atoms with Gasteiger partial charge < -0.3 is 19.3 Å². The third-order valence-corrected chi connectivity index (χ3v) is 6.32. The first kappa shape index (κ1) is 21.8. The summed E-state index contributed by atoms with van der Waals surface area (Å²) in [7, 11) is -2.84. The molecular formula is C22H25N5O4S. The molecule has 3 aromatic rings. The molecular weight excluding hydrogens is 430 g/mol. The highest BCUT2D eigenvalue weighted by Crippen LogP contribution is 2.35. The van der Waals surface area contributed by atoms with Crippen molar-refractivity contribution in [2.45, 2.75) is 19.1 Å². The molecule has 0 saturated carbocycles. The predicted octanol–water partition coefficient (Wildman–Crippen LogP) is 4.05. The Morgan fingerprint density at radius 3 is 2.97 bits per heavy atom. The number of ether oxygens (including phenoxy) is 2. The van der Waals surface area contributed by atoms with Crippen molar-refractivity contribution in [3.8, 4) is 17.1 Å². The van der Waals surface area contributed by atoms with Gasteiger partial charge in [-0.15, -0.1) is 0 Å². The van der Waals surface area contributed by atoms with Crippen LogP contribution in [0, 0.1) is 0 Å². The number of hydrogen-bond acceptors (Lipinski definition) is 7. The summed E-state index contributed by atoms with van der Waals surface area (Å²) >= 11 is 0. The Labute approximate surface area is 187 Å². The van der Waals surface area contributed by atoms with Gasteiger partial charge in [-0.3, -0.25) is 0 Å². The fourth-order valence-corrected chi connectivity index (χ4v) is 4.83. The number of anilines is 2. The van der Waals surface area contributed by atoms with E-state index >= 15 is 0 Å². The van der Waals surface area contributed by atoms with Gasteiger partial charge in [-0.2, -0.15) is 9.35 Å². The molecule has 9 nitrogen and oxygen atoms in total. The minimum atomic E-state index is -2.84. The van der Waals surface area contributed by atoms with Crippen molar-refractivity contribution in [1.82, 2.24) is 15.0 Å². The average Bonchev–Trinajstić information content (AvgIpc) is 3.22. The van der Waals surface area contributed by atoms with Crippen molar-refractivity contribution in [2.24, 2.45) is 4.36 Å². The Kier molecular flexibility index (Phi) is 6.42. The standard InChI is InChI=1S/C22H25N5O4S/c1-3-30-22(28)27-32(2,29)13-15-6-4-8-17(12-15)25-21-24-14-23-20(26-21)18-9-5-7-16-10-11-31-19(16)18/h4-9,12,14,32H,3,10-11,13H2,1-2H3,(H,27,28,29)(H,23,24,25,26). The molecule has 1 aliphatic heterocycles. The Bertz CT molecular complexity index is 1190. The largest absolute Gasteiger partial charge is 0.492 e. The van der Waals surface area contributed by atoms with Crippen LogP contribution in [0.5, 0.6) is 5.75 Å². The van der Waals surface area contributed by atoms with Crippen molar-refractivity contribution in [3.05, 3.63) is 59.9 Å². The second-order valence-electron chi connectivity index (χ2n) is 7.40. The van der Waals surface area contributed by atoms with Gasteiger partial charge in [-0.05, 0) is 42.5 Å². The number of nitrogens with one attached hydrogen (secondary N) is 1. The summed E-state index contributed by atoms with van der Waals surface area (Å²) < 4.78 is 25.0. The highest BCUT2D eigenvalue weighted by molar-refractivity contribution is 7.98. The number of carbonyl (C=O) groups is 1. The molecule has 4 rings (SSSR count). The van der Waals surface area contributed by atoms with E-state index in [1.807, 2.05) is 42.5 Å². The molecule has 0 radical (unpaired) electrons. The van der Waals surface area contributed by atoms with E-state index in [1.54, 1.807) is 13.2 Å². The van der Waals surface area contributed by atoms with Crippen LogP contribution in [0.4, 0.5) is 16.4 Å². The van der Waals surface area contributed by atoms with Crippen LogP contribution in [0.3, 0.4) is 0 Å². The number of para-hydroxylation sites is 1. The molecule has 2 aromatic carbocycles. The molecule has 0 spiro atoms. The van der Waals surface area contributed by atoms with E-state index in [9.17, 15) is 9.35 Å². The zero-order valence-corrected chi connectivity index (χ0v) is 18.7. The molecule has 2 N–H and O–H groups in total. The lowest BCUT2D eigenvalue weighted by Gasteiger charge is -2.18. The molecule has 0 aliphatic carbocycles. The molecule has 0 fully saturated rings. The van der Waals surface area contributed by atoms with E-state index in [0.717, 1.165) is 34.5 Å². The van der Waals surface area contributed by atoms with Gasteiger partial charge in [0, 0.05) is 17.9 Å². The second kappa shape index (κ2) is 9.41. The van der Waals surface area contributed by atoms with Gasteiger partial charge in [0.1, 0.15) is 12.1 Å². The summed E-state index contributed by atoms with van der Waals surface area (Å²) in [5.41, 5.74) is 3.55. The van der Waals surface area contributed by atoms with Crippen LogP contribution in [0.25, 0.3) is 11.4 Å². The molecule has 168 valence electrons. The maximum absolute atomic E-state index is 11.6. The van der Waals surface area contributed by atoms with E-state index in [-0.39, 0.29) is 12.4 Å². The van der Waals surface area contributed by atoms with Gasteiger partial charge in [0.15, 0.2) is 5.82 Å². The summed E-state index contributed by atoms with van der Waals surface area (Å²) in [4.78, 5) is 24.7. The number of amides is 1. The third-order valence-electron chi connectivity index (χ3n) is 4.76. The van der Waals surface area contributed by atoms with Gasteiger partial charge >= 0.3 is 6.09 Å². The lowest BCUT2D eigenvalue weighted by molar-refractivity contribution is 0.164. The lowest BCUT2D eigenvalue weighted by Crippen LogP contribution is -2.14. The molecule has 0 saturated heterocycles. The quantitative estimate of drug-likeness (QED) is 0.477. The Morgan fingerprint density at radius 1 is 1.28 bits per heavy atom. The van der Waals surface area contributed by atoms with E-state index in [1.165, 1.54) is 6.33 Å². The monoisotopic (exact) mass is 455 g/mol. The van der Waals surface area contributed by atoms with Crippen LogP contribution in [-0.4, -0.2) is 45.1 Å². The zero-order valence-electron chi connectivity index (χ0n) is 17.9. The molecule has 0 bridgehead atoms.